The fourth-order valence-corrected chi connectivity index (χ4v) is 5.52. The second kappa shape index (κ2) is 12.0. The van der Waals surface area contributed by atoms with Crippen LogP contribution in [0.2, 0.25) is 0 Å². The third-order valence-corrected chi connectivity index (χ3v) is 7.36. The molecule has 0 unspecified atom stereocenters. The summed E-state index contributed by atoms with van der Waals surface area (Å²) in [5.41, 5.74) is 1.94. The SMILES string of the molecule is CCOC(=O)c1nn(-c2cccc(OC)c2)c(=O)c2c(NC(=O)CC(c3ccccc3)c3ccccc3)scc12. The molecule has 0 atom stereocenters. The van der Waals surface area contributed by atoms with Crippen LogP contribution in [0.3, 0.4) is 0 Å². The molecule has 0 fully saturated rings. The molecule has 0 saturated carbocycles. The minimum atomic E-state index is -0.659. The minimum absolute atomic E-state index is 0.0116. The predicted octanol–water partition coefficient (Wildman–Crippen LogP) is 5.79. The predicted molar refractivity (Wildman–Crippen MR) is 156 cm³/mol. The van der Waals surface area contributed by atoms with E-state index in [-0.39, 0.29) is 35.9 Å². The Morgan fingerprint density at radius 1 is 0.975 bits per heavy atom. The Morgan fingerprint density at radius 3 is 2.27 bits per heavy atom. The van der Waals surface area contributed by atoms with Crippen molar-refractivity contribution in [3.63, 3.8) is 0 Å². The summed E-state index contributed by atoms with van der Waals surface area (Å²) in [6.07, 6.45) is 0.160. The molecule has 0 aliphatic carbocycles. The van der Waals surface area contributed by atoms with Gasteiger partial charge in [-0.1, -0.05) is 66.7 Å². The maximum atomic E-state index is 13.8. The molecule has 40 heavy (non-hydrogen) atoms. The highest BCUT2D eigenvalue weighted by Crippen LogP contribution is 2.33. The van der Waals surface area contributed by atoms with Gasteiger partial charge in [-0.2, -0.15) is 9.78 Å². The van der Waals surface area contributed by atoms with Gasteiger partial charge >= 0.3 is 5.97 Å². The van der Waals surface area contributed by atoms with Gasteiger partial charge in [0.05, 0.1) is 24.8 Å². The zero-order chi connectivity index (χ0) is 28.1. The number of anilines is 1. The van der Waals surface area contributed by atoms with E-state index in [9.17, 15) is 14.4 Å². The second-order valence-corrected chi connectivity index (χ2v) is 9.85. The molecule has 2 heterocycles. The van der Waals surface area contributed by atoms with Crippen molar-refractivity contribution < 1.29 is 19.1 Å². The molecule has 0 aliphatic heterocycles. The number of aromatic nitrogens is 2. The number of nitrogens with zero attached hydrogens (tertiary/aromatic N) is 2. The molecule has 1 amide bonds. The normalized spacial score (nSPS) is 11.0. The topological polar surface area (TPSA) is 99.5 Å². The average Bonchev–Trinajstić information content (AvgIpc) is 3.41. The van der Waals surface area contributed by atoms with Gasteiger partial charge in [0.1, 0.15) is 10.8 Å². The zero-order valence-corrected chi connectivity index (χ0v) is 22.8. The van der Waals surface area contributed by atoms with Crippen LogP contribution in [-0.4, -0.2) is 35.4 Å². The summed E-state index contributed by atoms with van der Waals surface area (Å²) < 4.78 is 11.7. The number of ether oxygens (including phenoxy) is 2. The van der Waals surface area contributed by atoms with Gasteiger partial charge in [0.2, 0.25) is 5.91 Å². The number of nitrogens with one attached hydrogen (secondary N) is 1. The molecule has 0 bridgehead atoms. The molecule has 3 aromatic carbocycles. The van der Waals surface area contributed by atoms with E-state index in [0.717, 1.165) is 15.8 Å². The lowest BCUT2D eigenvalue weighted by Gasteiger charge is -2.18. The number of esters is 1. The van der Waals surface area contributed by atoms with Gasteiger partial charge in [0, 0.05) is 29.2 Å². The lowest BCUT2D eigenvalue weighted by Crippen LogP contribution is -2.25. The van der Waals surface area contributed by atoms with Crippen molar-refractivity contribution in [2.24, 2.45) is 0 Å². The number of hydrogen-bond acceptors (Lipinski definition) is 7. The number of rotatable bonds is 9. The summed E-state index contributed by atoms with van der Waals surface area (Å²) in [6, 6.07) is 26.4. The van der Waals surface area contributed by atoms with Gasteiger partial charge in [-0.25, -0.2) is 4.79 Å². The van der Waals surface area contributed by atoms with Crippen LogP contribution in [-0.2, 0) is 9.53 Å². The van der Waals surface area contributed by atoms with E-state index in [1.807, 2.05) is 60.7 Å². The van der Waals surface area contributed by atoms with Gasteiger partial charge in [-0.05, 0) is 30.2 Å². The van der Waals surface area contributed by atoms with Gasteiger partial charge in [0.15, 0.2) is 5.69 Å². The van der Waals surface area contributed by atoms with E-state index >= 15 is 0 Å². The molecule has 0 spiro atoms. The number of methoxy groups -OCH3 is 1. The molecule has 1 N–H and O–H groups in total. The first-order valence-corrected chi connectivity index (χ1v) is 13.6. The van der Waals surface area contributed by atoms with Gasteiger partial charge in [-0.15, -0.1) is 11.3 Å². The van der Waals surface area contributed by atoms with Gasteiger partial charge in [0.25, 0.3) is 5.56 Å². The summed E-state index contributed by atoms with van der Waals surface area (Å²) >= 11 is 1.17. The van der Waals surface area contributed by atoms with Crippen molar-refractivity contribution in [2.45, 2.75) is 19.3 Å². The van der Waals surface area contributed by atoms with Crippen molar-refractivity contribution in [3.05, 3.63) is 117 Å². The molecule has 0 radical (unpaired) electrons. The van der Waals surface area contributed by atoms with Crippen LogP contribution in [0.25, 0.3) is 16.5 Å². The van der Waals surface area contributed by atoms with Crippen molar-refractivity contribution in [1.82, 2.24) is 9.78 Å². The summed E-state index contributed by atoms with van der Waals surface area (Å²) in [5, 5.41) is 9.79. The van der Waals surface area contributed by atoms with Crippen molar-refractivity contribution in [3.8, 4) is 11.4 Å². The van der Waals surface area contributed by atoms with Gasteiger partial charge < -0.3 is 14.8 Å². The molecule has 0 aliphatic rings. The molecule has 8 nitrogen and oxygen atoms in total. The van der Waals surface area contributed by atoms with Crippen LogP contribution in [0.1, 0.15) is 40.9 Å². The number of carbonyl (C=O) groups excluding carboxylic acids is 2. The Morgan fingerprint density at radius 2 is 1.65 bits per heavy atom. The first-order valence-electron chi connectivity index (χ1n) is 12.8. The maximum Gasteiger partial charge on any atom is 0.359 e. The lowest BCUT2D eigenvalue weighted by atomic mass is 9.88. The molecule has 0 saturated heterocycles. The van der Waals surface area contributed by atoms with Crippen molar-refractivity contribution in [1.29, 1.82) is 0 Å². The average molecular weight is 554 g/mol. The largest absolute Gasteiger partial charge is 0.497 e. The maximum absolute atomic E-state index is 13.8. The standard InChI is InChI=1S/C31H27N3O5S/c1-3-39-31(37)28-25-19-40-29(27(25)30(36)34(33-28)22-15-10-16-23(17-22)38-2)32-26(35)18-24(20-11-6-4-7-12-20)21-13-8-5-9-14-21/h4-17,19,24H,3,18H2,1-2H3,(H,32,35). The highest BCUT2D eigenvalue weighted by atomic mass is 32.1. The van der Waals surface area contributed by atoms with Crippen LogP contribution >= 0.6 is 11.3 Å². The molecular weight excluding hydrogens is 526 g/mol. The van der Waals surface area contributed by atoms with E-state index in [1.165, 1.54) is 18.4 Å². The number of benzene rings is 3. The Bertz CT molecular complexity index is 1670. The van der Waals surface area contributed by atoms with Crippen LogP contribution in [0, 0.1) is 0 Å². The highest BCUT2D eigenvalue weighted by Gasteiger charge is 2.24. The minimum Gasteiger partial charge on any atom is -0.497 e. The van der Waals surface area contributed by atoms with Crippen molar-refractivity contribution >= 4 is 39.0 Å². The summed E-state index contributed by atoms with van der Waals surface area (Å²) in [4.78, 5) is 40.1. The number of hydrogen-bond donors (Lipinski definition) is 1. The summed E-state index contributed by atoms with van der Waals surface area (Å²) in [7, 11) is 1.52. The second-order valence-electron chi connectivity index (χ2n) is 8.97. The number of amides is 1. The lowest BCUT2D eigenvalue weighted by molar-refractivity contribution is -0.116. The molecule has 202 valence electrons. The Kier molecular flexibility index (Phi) is 8.02. The quantitative estimate of drug-likeness (QED) is 0.232. The highest BCUT2D eigenvalue weighted by molar-refractivity contribution is 7.16. The first kappa shape index (κ1) is 26.8. The van der Waals surface area contributed by atoms with E-state index in [0.29, 0.717) is 21.8 Å². The number of carbonyl (C=O) groups is 2. The third kappa shape index (κ3) is 5.50. The fraction of sp³-hybridized carbons (Fsp3) is 0.161. The molecular formula is C31H27N3O5S. The van der Waals surface area contributed by atoms with E-state index < -0.39 is 11.5 Å². The number of fused-ring (bicyclic) bond motifs is 1. The smallest absolute Gasteiger partial charge is 0.359 e. The van der Waals surface area contributed by atoms with Crippen LogP contribution < -0.4 is 15.6 Å². The molecule has 5 rings (SSSR count). The first-order chi connectivity index (χ1) is 19.5. The molecule has 9 heteroatoms. The summed E-state index contributed by atoms with van der Waals surface area (Å²) in [5.74, 6) is -0.578. The third-order valence-electron chi connectivity index (χ3n) is 6.47. The van der Waals surface area contributed by atoms with Crippen LogP contribution in [0.5, 0.6) is 5.75 Å². The van der Waals surface area contributed by atoms with Crippen LogP contribution in [0.15, 0.2) is 95.1 Å². The van der Waals surface area contributed by atoms with E-state index in [2.05, 4.69) is 10.4 Å². The van der Waals surface area contributed by atoms with Crippen molar-refractivity contribution in [2.75, 3.05) is 19.0 Å². The molecule has 2 aromatic heterocycles. The summed E-state index contributed by atoms with van der Waals surface area (Å²) in [6.45, 7) is 1.84. The fourth-order valence-electron chi connectivity index (χ4n) is 4.57. The van der Waals surface area contributed by atoms with E-state index in [4.69, 9.17) is 9.47 Å². The monoisotopic (exact) mass is 553 g/mol. The van der Waals surface area contributed by atoms with Gasteiger partial charge in [-0.3, -0.25) is 9.59 Å². The Balaban J connectivity index is 1.55. The Hall–Kier alpha value is -4.76. The zero-order valence-electron chi connectivity index (χ0n) is 22.0. The van der Waals surface area contributed by atoms with E-state index in [1.54, 1.807) is 36.6 Å². The number of thiophene rings is 1. The molecule has 5 aromatic rings. The Labute approximate surface area is 234 Å². The van der Waals surface area contributed by atoms with Crippen LogP contribution in [0.4, 0.5) is 5.00 Å².